The summed E-state index contributed by atoms with van der Waals surface area (Å²) in [5.74, 6) is 0.0323. The lowest BCUT2D eigenvalue weighted by Gasteiger charge is -1.96. The molecule has 0 saturated heterocycles. The van der Waals surface area contributed by atoms with E-state index in [1.54, 1.807) is 18.5 Å². The summed E-state index contributed by atoms with van der Waals surface area (Å²) in [6.45, 7) is 0. The molecule has 0 fully saturated rings. The van der Waals surface area contributed by atoms with Gasteiger partial charge >= 0.3 is 0 Å². The molecule has 0 bridgehead atoms. The number of carbonyl (C=O) groups is 1. The Labute approximate surface area is 107 Å². The van der Waals surface area contributed by atoms with Crippen LogP contribution >= 0.6 is 0 Å². The van der Waals surface area contributed by atoms with E-state index in [4.69, 9.17) is 0 Å². The van der Waals surface area contributed by atoms with Crippen molar-refractivity contribution in [1.29, 1.82) is 0 Å². The average Bonchev–Trinajstić information content (AvgIpc) is 3.11. The maximum atomic E-state index is 11.7. The van der Waals surface area contributed by atoms with Crippen LogP contribution in [0.5, 0.6) is 0 Å². The molecule has 0 aliphatic carbocycles. The van der Waals surface area contributed by atoms with Crippen molar-refractivity contribution in [1.82, 2.24) is 20.3 Å². The summed E-state index contributed by atoms with van der Waals surface area (Å²) in [7, 11) is 0. The van der Waals surface area contributed by atoms with Crippen LogP contribution in [-0.4, -0.2) is 26.2 Å². The van der Waals surface area contributed by atoms with Crippen molar-refractivity contribution in [3.05, 3.63) is 48.6 Å². The van der Waals surface area contributed by atoms with Crippen LogP contribution in [0.4, 0.5) is 5.82 Å². The number of nitrogens with one attached hydrogen (secondary N) is 2. The van der Waals surface area contributed by atoms with Crippen molar-refractivity contribution in [3.8, 4) is 11.3 Å². The average molecular weight is 255 g/mol. The smallest absolute Gasteiger partial charge is 0.279 e. The van der Waals surface area contributed by atoms with Crippen LogP contribution in [0.2, 0.25) is 0 Å². The Morgan fingerprint density at radius 2 is 2.32 bits per heavy atom. The first-order valence-corrected chi connectivity index (χ1v) is 5.50. The quantitative estimate of drug-likeness (QED) is 0.742. The lowest BCUT2D eigenvalue weighted by Crippen LogP contribution is -2.12. The number of hydrogen-bond acceptors (Lipinski definition) is 5. The number of anilines is 1. The molecule has 0 aromatic carbocycles. The lowest BCUT2D eigenvalue weighted by atomic mass is 10.2. The first-order valence-electron chi connectivity index (χ1n) is 5.50. The van der Waals surface area contributed by atoms with Crippen LogP contribution in [0.3, 0.4) is 0 Å². The first kappa shape index (κ1) is 11.1. The molecule has 3 heterocycles. The highest BCUT2D eigenvalue weighted by Gasteiger charge is 2.11. The monoisotopic (exact) mass is 255 g/mol. The van der Waals surface area contributed by atoms with Crippen molar-refractivity contribution in [2.45, 2.75) is 0 Å². The van der Waals surface area contributed by atoms with E-state index in [1.165, 1.54) is 12.3 Å². The fourth-order valence-corrected chi connectivity index (χ4v) is 1.57. The number of aromatic nitrogens is 4. The van der Waals surface area contributed by atoms with Crippen molar-refractivity contribution in [2.75, 3.05) is 5.32 Å². The highest BCUT2D eigenvalue weighted by molar-refractivity contribution is 6.02. The van der Waals surface area contributed by atoms with Gasteiger partial charge in [-0.15, -0.1) is 0 Å². The fourth-order valence-electron chi connectivity index (χ4n) is 1.57. The molecule has 1 amide bonds. The zero-order valence-corrected chi connectivity index (χ0v) is 9.70. The van der Waals surface area contributed by atoms with E-state index in [2.05, 4.69) is 30.2 Å². The summed E-state index contributed by atoms with van der Waals surface area (Å²) in [5.41, 5.74) is 1.85. The minimum absolute atomic E-state index is 0.200. The Balaban J connectivity index is 1.77. The van der Waals surface area contributed by atoms with Crippen molar-refractivity contribution in [2.24, 2.45) is 0 Å². The van der Waals surface area contributed by atoms with Crippen LogP contribution in [0.1, 0.15) is 10.5 Å². The molecule has 3 aromatic heterocycles. The second-order valence-electron chi connectivity index (χ2n) is 3.75. The predicted molar refractivity (Wildman–Crippen MR) is 66.3 cm³/mol. The van der Waals surface area contributed by atoms with Crippen molar-refractivity contribution < 1.29 is 9.32 Å². The molecule has 7 heteroatoms. The molecular formula is C12H9N5O2. The van der Waals surface area contributed by atoms with Crippen molar-refractivity contribution in [3.63, 3.8) is 0 Å². The molecule has 19 heavy (non-hydrogen) atoms. The van der Waals surface area contributed by atoms with Gasteiger partial charge in [0.2, 0.25) is 0 Å². The zero-order valence-electron chi connectivity index (χ0n) is 9.70. The molecule has 7 nitrogen and oxygen atoms in total. The Bertz CT molecular complexity index is 675. The number of aromatic amines is 1. The highest BCUT2D eigenvalue weighted by Crippen LogP contribution is 2.18. The number of H-pyrrole nitrogens is 1. The van der Waals surface area contributed by atoms with Gasteiger partial charge in [0.25, 0.3) is 5.91 Å². The van der Waals surface area contributed by atoms with E-state index < -0.39 is 0 Å². The zero-order chi connectivity index (χ0) is 13.1. The Hall–Kier alpha value is -2.96. The van der Waals surface area contributed by atoms with Gasteiger partial charge in [-0.05, 0) is 12.1 Å². The third-order valence-corrected chi connectivity index (χ3v) is 2.46. The van der Waals surface area contributed by atoms with E-state index in [9.17, 15) is 4.79 Å². The van der Waals surface area contributed by atoms with E-state index in [-0.39, 0.29) is 11.6 Å². The molecule has 0 aliphatic heterocycles. The Kier molecular flexibility index (Phi) is 2.77. The molecule has 0 aliphatic rings. The Morgan fingerprint density at radius 1 is 1.37 bits per heavy atom. The Morgan fingerprint density at radius 3 is 3.05 bits per heavy atom. The SMILES string of the molecule is O=C(Nc1cc(-c2cccnc2)[nH]n1)c1ccon1. The third-order valence-electron chi connectivity index (χ3n) is 2.46. The van der Waals surface area contributed by atoms with Gasteiger partial charge in [0.15, 0.2) is 11.5 Å². The number of carbonyl (C=O) groups excluding carboxylic acids is 1. The molecular weight excluding hydrogens is 246 g/mol. The van der Waals surface area contributed by atoms with E-state index in [0.29, 0.717) is 5.82 Å². The van der Waals surface area contributed by atoms with Gasteiger partial charge in [0.1, 0.15) is 6.26 Å². The molecule has 3 aromatic rings. The standard InChI is InChI=1S/C12H9N5O2/c18-12(9-3-5-19-17-9)14-11-6-10(15-16-11)8-2-1-4-13-7-8/h1-7H,(H2,14,15,16,18). The van der Waals surface area contributed by atoms with E-state index in [1.807, 2.05) is 12.1 Å². The first-order chi connectivity index (χ1) is 9.33. The fraction of sp³-hybridized carbons (Fsp3) is 0. The molecule has 3 rings (SSSR count). The summed E-state index contributed by atoms with van der Waals surface area (Å²) in [6, 6.07) is 6.91. The van der Waals surface area contributed by atoms with E-state index in [0.717, 1.165) is 11.3 Å². The third kappa shape index (κ3) is 2.34. The second kappa shape index (κ2) is 4.73. The van der Waals surface area contributed by atoms with Gasteiger partial charge in [-0.3, -0.25) is 14.9 Å². The maximum absolute atomic E-state index is 11.7. The van der Waals surface area contributed by atoms with Gasteiger partial charge in [-0.1, -0.05) is 5.16 Å². The van der Waals surface area contributed by atoms with Gasteiger partial charge in [0, 0.05) is 30.1 Å². The summed E-state index contributed by atoms with van der Waals surface area (Å²) < 4.78 is 4.60. The van der Waals surface area contributed by atoms with Gasteiger partial charge in [-0.25, -0.2) is 0 Å². The normalized spacial score (nSPS) is 10.3. The molecule has 0 unspecified atom stereocenters. The van der Waals surface area contributed by atoms with Gasteiger partial charge < -0.3 is 9.84 Å². The molecule has 0 spiro atoms. The molecule has 0 saturated carbocycles. The predicted octanol–water partition coefficient (Wildman–Crippen LogP) is 1.71. The molecule has 0 atom stereocenters. The molecule has 2 N–H and O–H groups in total. The summed E-state index contributed by atoms with van der Waals surface area (Å²) >= 11 is 0. The number of amides is 1. The maximum Gasteiger partial charge on any atom is 0.279 e. The van der Waals surface area contributed by atoms with Crippen LogP contribution in [0, 0.1) is 0 Å². The van der Waals surface area contributed by atoms with Gasteiger partial charge in [0.05, 0.1) is 5.69 Å². The summed E-state index contributed by atoms with van der Waals surface area (Å²) in [6.07, 6.45) is 4.73. The summed E-state index contributed by atoms with van der Waals surface area (Å²) in [5, 5.41) is 13.0. The van der Waals surface area contributed by atoms with Crippen LogP contribution in [-0.2, 0) is 0 Å². The molecule has 0 radical (unpaired) electrons. The van der Waals surface area contributed by atoms with Crippen LogP contribution < -0.4 is 5.32 Å². The minimum Gasteiger partial charge on any atom is -0.364 e. The summed E-state index contributed by atoms with van der Waals surface area (Å²) in [4.78, 5) is 15.7. The number of nitrogens with zero attached hydrogens (tertiary/aromatic N) is 3. The largest absolute Gasteiger partial charge is 0.364 e. The van der Waals surface area contributed by atoms with Crippen LogP contribution in [0.25, 0.3) is 11.3 Å². The van der Waals surface area contributed by atoms with Crippen molar-refractivity contribution >= 4 is 11.7 Å². The number of hydrogen-bond donors (Lipinski definition) is 2. The topological polar surface area (TPSA) is 96.7 Å². The highest BCUT2D eigenvalue weighted by atomic mass is 16.5. The van der Waals surface area contributed by atoms with Gasteiger partial charge in [-0.2, -0.15) is 5.10 Å². The number of rotatable bonds is 3. The second-order valence-corrected chi connectivity index (χ2v) is 3.75. The van der Waals surface area contributed by atoms with Crippen LogP contribution in [0.15, 0.2) is 47.4 Å². The molecule has 94 valence electrons. The minimum atomic E-state index is -0.377. The number of pyridine rings is 1. The van der Waals surface area contributed by atoms with E-state index >= 15 is 0 Å². The lowest BCUT2D eigenvalue weighted by molar-refractivity contribution is 0.101.